The first-order valence-corrected chi connectivity index (χ1v) is 9.62. The second-order valence-electron chi connectivity index (χ2n) is 6.95. The predicted octanol–water partition coefficient (Wildman–Crippen LogP) is 4.30. The molecule has 1 aliphatic heterocycles. The molecule has 1 fully saturated rings. The van der Waals surface area contributed by atoms with Crippen LogP contribution in [0.3, 0.4) is 0 Å². The first-order chi connectivity index (χ1) is 12.0. The lowest BCUT2D eigenvalue weighted by Gasteiger charge is -2.22. The van der Waals surface area contributed by atoms with Gasteiger partial charge in [-0.15, -0.1) is 0 Å². The average Bonchev–Trinajstić information content (AvgIpc) is 3.23. The molecule has 25 heavy (non-hydrogen) atoms. The van der Waals surface area contributed by atoms with Crippen LogP contribution in [0.5, 0.6) is 0 Å². The topological polar surface area (TPSA) is 64.3 Å². The van der Waals surface area contributed by atoms with Crippen molar-refractivity contribution in [1.82, 2.24) is 20.0 Å². The second kappa shape index (κ2) is 8.38. The molecule has 0 unspecified atom stereocenters. The third kappa shape index (κ3) is 4.86. The molecule has 2 aromatic heterocycles. The van der Waals surface area contributed by atoms with Crippen LogP contribution in [-0.4, -0.2) is 33.2 Å². The molecular formula is C18H25BrN4O2. The van der Waals surface area contributed by atoms with Crippen LogP contribution in [0.4, 0.5) is 0 Å². The van der Waals surface area contributed by atoms with Crippen LogP contribution in [0, 0.1) is 5.92 Å². The van der Waals surface area contributed by atoms with Crippen molar-refractivity contribution in [2.45, 2.75) is 52.3 Å². The van der Waals surface area contributed by atoms with Crippen LogP contribution in [-0.2, 0) is 11.3 Å². The maximum Gasteiger partial charge on any atom is 0.240 e. The van der Waals surface area contributed by atoms with Crippen molar-refractivity contribution < 1.29 is 9.26 Å². The summed E-state index contributed by atoms with van der Waals surface area (Å²) >= 11 is 3.44. The van der Waals surface area contributed by atoms with Crippen LogP contribution >= 0.6 is 15.9 Å². The number of nitrogens with zero attached hydrogens (tertiary/aromatic N) is 4. The fourth-order valence-electron chi connectivity index (χ4n) is 3.02. The highest BCUT2D eigenvalue weighted by molar-refractivity contribution is 9.10. The first kappa shape index (κ1) is 18.5. The number of hydrogen-bond acceptors (Lipinski definition) is 6. The summed E-state index contributed by atoms with van der Waals surface area (Å²) in [6, 6.07) is 4.42. The fraction of sp³-hybridized carbons (Fsp3) is 0.611. The van der Waals surface area contributed by atoms with Crippen molar-refractivity contribution in [2.24, 2.45) is 5.92 Å². The zero-order valence-corrected chi connectivity index (χ0v) is 16.6. The van der Waals surface area contributed by atoms with E-state index in [0.29, 0.717) is 36.8 Å². The number of rotatable bonds is 7. The molecular weight excluding hydrogens is 384 g/mol. The normalized spacial score (nSPS) is 19.6. The Labute approximate surface area is 157 Å². The Bertz CT molecular complexity index is 674. The standard InChI is InChI=1S/C18H25BrN4O2/c1-12(2)11-24-13(3)18-21-17(25-22-18)10-23-8-4-5-16(23)15-7-6-14(19)9-20-15/h6-7,9,12-13,16H,4-5,8,10-11H2,1-3H3/t13-,16+/m0/s1. The van der Waals surface area contributed by atoms with E-state index in [2.05, 4.69) is 55.9 Å². The minimum Gasteiger partial charge on any atom is -0.370 e. The summed E-state index contributed by atoms with van der Waals surface area (Å²) in [6.07, 6.45) is 3.95. The molecule has 2 atom stereocenters. The minimum atomic E-state index is -0.151. The van der Waals surface area contributed by atoms with Gasteiger partial charge in [-0.1, -0.05) is 19.0 Å². The lowest BCUT2D eigenvalue weighted by molar-refractivity contribution is 0.0402. The van der Waals surface area contributed by atoms with E-state index >= 15 is 0 Å². The van der Waals surface area contributed by atoms with Gasteiger partial charge in [0.25, 0.3) is 0 Å². The molecule has 0 aromatic carbocycles. The third-order valence-corrected chi connectivity index (χ3v) is 4.79. The van der Waals surface area contributed by atoms with Crippen LogP contribution in [0.2, 0.25) is 0 Å². The van der Waals surface area contributed by atoms with Gasteiger partial charge in [0.15, 0.2) is 5.82 Å². The molecule has 0 aliphatic carbocycles. The Morgan fingerprint density at radius 3 is 2.92 bits per heavy atom. The highest BCUT2D eigenvalue weighted by Gasteiger charge is 2.28. The van der Waals surface area contributed by atoms with Crippen molar-refractivity contribution in [2.75, 3.05) is 13.2 Å². The van der Waals surface area contributed by atoms with Gasteiger partial charge in [0, 0.05) is 17.3 Å². The number of aromatic nitrogens is 3. The van der Waals surface area contributed by atoms with Gasteiger partial charge in [-0.3, -0.25) is 9.88 Å². The van der Waals surface area contributed by atoms with Gasteiger partial charge < -0.3 is 9.26 Å². The van der Waals surface area contributed by atoms with Crippen LogP contribution in [0.15, 0.2) is 27.3 Å². The highest BCUT2D eigenvalue weighted by atomic mass is 79.9. The molecule has 1 saturated heterocycles. The second-order valence-corrected chi connectivity index (χ2v) is 7.86. The number of hydrogen-bond donors (Lipinski definition) is 0. The van der Waals surface area contributed by atoms with E-state index in [4.69, 9.17) is 9.26 Å². The zero-order valence-electron chi connectivity index (χ0n) is 15.0. The minimum absolute atomic E-state index is 0.151. The van der Waals surface area contributed by atoms with Crippen LogP contribution in [0.1, 0.15) is 63.2 Å². The summed E-state index contributed by atoms with van der Waals surface area (Å²) in [5.41, 5.74) is 1.09. The van der Waals surface area contributed by atoms with Gasteiger partial charge in [0.1, 0.15) is 6.10 Å². The molecule has 2 aromatic rings. The van der Waals surface area contributed by atoms with Crippen molar-refractivity contribution in [3.63, 3.8) is 0 Å². The predicted molar refractivity (Wildman–Crippen MR) is 97.8 cm³/mol. The van der Waals surface area contributed by atoms with Crippen LogP contribution < -0.4 is 0 Å². The number of ether oxygens (including phenoxy) is 1. The monoisotopic (exact) mass is 408 g/mol. The van der Waals surface area contributed by atoms with E-state index in [1.807, 2.05) is 19.2 Å². The SMILES string of the molecule is CC(C)CO[C@@H](C)c1noc(CN2CCC[C@@H]2c2ccc(Br)cn2)n1. The van der Waals surface area contributed by atoms with E-state index in [9.17, 15) is 0 Å². The summed E-state index contributed by atoms with van der Waals surface area (Å²) in [7, 11) is 0. The lowest BCUT2D eigenvalue weighted by atomic mass is 10.1. The fourth-order valence-corrected chi connectivity index (χ4v) is 3.25. The molecule has 6 nitrogen and oxygen atoms in total. The average molecular weight is 409 g/mol. The van der Waals surface area contributed by atoms with Gasteiger partial charge in [0.05, 0.1) is 18.3 Å². The number of halogens is 1. The molecule has 0 N–H and O–H groups in total. The molecule has 0 amide bonds. The zero-order chi connectivity index (χ0) is 17.8. The summed E-state index contributed by atoms with van der Waals surface area (Å²) in [5.74, 6) is 1.74. The van der Waals surface area contributed by atoms with Crippen molar-refractivity contribution in [3.8, 4) is 0 Å². The third-order valence-electron chi connectivity index (χ3n) is 4.32. The largest absolute Gasteiger partial charge is 0.370 e. The molecule has 0 bridgehead atoms. The quantitative estimate of drug-likeness (QED) is 0.680. The molecule has 7 heteroatoms. The van der Waals surface area contributed by atoms with Gasteiger partial charge in [-0.25, -0.2) is 0 Å². The maximum absolute atomic E-state index is 5.76. The van der Waals surface area contributed by atoms with Gasteiger partial charge in [0.2, 0.25) is 5.89 Å². The maximum atomic E-state index is 5.76. The number of likely N-dealkylation sites (tertiary alicyclic amines) is 1. The van der Waals surface area contributed by atoms with E-state index in [0.717, 1.165) is 29.6 Å². The molecule has 3 rings (SSSR count). The lowest BCUT2D eigenvalue weighted by Crippen LogP contribution is -2.23. The Morgan fingerprint density at radius 1 is 1.36 bits per heavy atom. The van der Waals surface area contributed by atoms with Gasteiger partial charge in [-0.2, -0.15) is 4.98 Å². The van der Waals surface area contributed by atoms with E-state index in [1.54, 1.807) is 0 Å². The molecule has 1 aliphatic rings. The van der Waals surface area contributed by atoms with Crippen molar-refractivity contribution in [3.05, 3.63) is 40.2 Å². The summed E-state index contributed by atoms with van der Waals surface area (Å²) in [4.78, 5) is 11.4. The molecule has 136 valence electrons. The van der Waals surface area contributed by atoms with Gasteiger partial charge >= 0.3 is 0 Å². The smallest absolute Gasteiger partial charge is 0.240 e. The Morgan fingerprint density at radius 2 is 2.20 bits per heavy atom. The van der Waals surface area contributed by atoms with Gasteiger partial charge in [-0.05, 0) is 60.3 Å². The molecule has 0 saturated carbocycles. The summed E-state index contributed by atoms with van der Waals surface area (Å²) < 4.78 is 12.2. The Balaban J connectivity index is 1.62. The summed E-state index contributed by atoms with van der Waals surface area (Å²) in [6.45, 7) is 8.55. The highest BCUT2D eigenvalue weighted by Crippen LogP contribution is 2.32. The van der Waals surface area contributed by atoms with E-state index in [1.165, 1.54) is 0 Å². The van der Waals surface area contributed by atoms with Crippen molar-refractivity contribution >= 4 is 15.9 Å². The molecule has 0 radical (unpaired) electrons. The van der Waals surface area contributed by atoms with E-state index in [-0.39, 0.29) is 6.10 Å². The number of pyridine rings is 1. The summed E-state index contributed by atoms with van der Waals surface area (Å²) in [5, 5.41) is 4.09. The molecule has 3 heterocycles. The van der Waals surface area contributed by atoms with Crippen LogP contribution in [0.25, 0.3) is 0 Å². The molecule has 0 spiro atoms. The van der Waals surface area contributed by atoms with Crippen molar-refractivity contribution in [1.29, 1.82) is 0 Å². The Hall–Kier alpha value is -1.31. The van der Waals surface area contributed by atoms with E-state index < -0.39 is 0 Å². The first-order valence-electron chi connectivity index (χ1n) is 8.82. The Kier molecular flexibility index (Phi) is 6.19.